The highest BCUT2D eigenvalue weighted by Crippen LogP contribution is 2.00. The van der Waals surface area contributed by atoms with Gasteiger partial charge in [-0.2, -0.15) is 0 Å². The summed E-state index contributed by atoms with van der Waals surface area (Å²) >= 11 is 0. The van der Waals surface area contributed by atoms with Crippen LogP contribution in [0.5, 0.6) is 0 Å². The molecule has 0 amide bonds. The summed E-state index contributed by atoms with van der Waals surface area (Å²) in [6.07, 6.45) is 1.79. The third-order valence-electron chi connectivity index (χ3n) is 1.31. The minimum absolute atomic E-state index is 0.0739. The molecule has 0 fully saturated rings. The number of hydrogen-bond acceptors (Lipinski definition) is 3. The lowest BCUT2D eigenvalue weighted by molar-refractivity contribution is -0.108. The second-order valence-corrected chi connectivity index (χ2v) is 2.04. The fourth-order valence-electron chi connectivity index (χ4n) is 0.726. The molecule has 0 aliphatic rings. The van der Waals surface area contributed by atoms with Crippen LogP contribution in [0.25, 0.3) is 0 Å². The summed E-state index contributed by atoms with van der Waals surface area (Å²) < 4.78 is 14.8. The lowest BCUT2D eigenvalue weighted by Gasteiger charge is -2.11. The van der Waals surface area contributed by atoms with Crippen molar-refractivity contribution in [1.82, 2.24) is 0 Å². The molecule has 62 valence electrons. The molecule has 3 heteroatoms. The third kappa shape index (κ3) is 4.73. The van der Waals surface area contributed by atoms with E-state index in [2.05, 4.69) is 0 Å². The maximum atomic E-state index is 4.97. The van der Waals surface area contributed by atoms with Crippen LogP contribution in [0.1, 0.15) is 12.8 Å². The Labute approximate surface area is 62.3 Å². The predicted octanol–water partition coefficient (Wildman–Crippen LogP) is 1.03. The molecule has 0 bridgehead atoms. The molecule has 0 aromatic carbocycles. The van der Waals surface area contributed by atoms with Gasteiger partial charge in [-0.15, -0.1) is 0 Å². The van der Waals surface area contributed by atoms with Crippen LogP contribution in [0.3, 0.4) is 0 Å². The van der Waals surface area contributed by atoms with E-state index in [4.69, 9.17) is 14.2 Å². The Morgan fingerprint density at radius 3 is 2.10 bits per heavy atom. The first-order valence-corrected chi connectivity index (χ1v) is 3.39. The molecule has 0 rings (SSSR count). The maximum Gasteiger partial charge on any atom is 0.156 e. The fourth-order valence-corrected chi connectivity index (χ4v) is 0.726. The lowest BCUT2D eigenvalue weighted by Crippen LogP contribution is -2.13. The van der Waals surface area contributed by atoms with Gasteiger partial charge in [0, 0.05) is 34.4 Å². The molecule has 0 saturated carbocycles. The van der Waals surface area contributed by atoms with Crippen molar-refractivity contribution >= 4 is 0 Å². The Kier molecular flexibility index (Phi) is 6.91. The molecule has 0 aromatic heterocycles. The standard InChI is InChI=1S/C7H16O3/c1-8-6-4-5-7(9-2)10-3/h7H,4-6H2,1-3H3. The molecule has 0 saturated heterocycles. The van der Waals surface area contributed by atoms with Crippen LogP contribution >= 0.6 is 0 Å². The molecule has 0 heterocycles. The van der Waals surface area contributed by atoms with Gasteiger partial charge in [0.2, 0.25) is 0 Å². The summed E-state index contributed by atoms with van der Waals surface area (Å²) in [5.74, 6) is 0. The molecule has 3 nitrogen and oxygen atoms in total. The summed E-state index contributed by atoms with van der Waals surface area (Å²) in [5, 5.41) is 0. The summed E-state index contributed by atoms with van der Waals surface area (Å²) in [5.41, 5.74) is 0. The van der Waals surface area contributed by atoms with Gasteiger partial charge < -0.3 is 14.2 Å². The average molecular weight is 148 g/mol. The van der Waals surface area contributed by atoms with Gasteiger partial charge in [0.15, 0.2) is 6.29 Å². The monoisotopic (exact) mass is 148 g/mol. The third-order valence-corrected chi connectivity index (χ3v) is 1.31. The van der Waals surface area contributed by atoms with Crippen molar-refractivity contribution in [3.63, 3.8) is 0 Å². The van der Waals surface area contributed by atoms with Crippen LogP contribution in [0.4, 0.5) is 0 Å². The van der Waals surface area contributed by atoms with Crippen molar-refractivity contribution < 1.29 is 14.2 Å². The second kappa shape index (κ2) is 6.99. The highest BCUT2D eigenvalue weighted by molar-refractivity contribution is 4.42. The van der Waals surface area contributed by atoms with Crippen LogP contribution in [0.15, 0.2) is 0 Å². The molecule has 0 N–H and O–H groups in total. The summed E-state index contributed by atoms with van der Waals surface area (Å²) in [6.45, 7) is 0.767. The number of methoxy groups -OCH3 is 3. The Morgan fingerprint density at radius 2 is 1.70 bits per heavy atom. The molecular formula is C7H16O3. The van der Waals surface area contributed by atoms with E-state index in [0.717, 1.165) is 19.4 Å². The van der Waals surface area contributed by atoms with Crippen molar-refractivity contribution in [2.75, 3.05) is 27.9 Å². The van der Waals surface area contributed by atoms with Gasteiger partial charge in [-0.25, -0.2) is 0 Å². The molecular weight excluding hydrogens is 132 g/mol. The van der Waals surface area contributed by atoms with Crippen molar-refractivity contribution in [3.8, 4) is 0 Å². The van der Waals surface area contributed by atoms with E-state index in [9.17, 15) is 0 Å². The minimum atomic E-state index is -0.0739. The second-order valence-electron chi connectivity index (χ2n) is 2.04. The molecule has 0 aliphatic heterocycles. The first-order valence-electron chi connectivity index (χ1n) is 3.39. The van der Waals surface area contributed by atoms with E-state index >= 15 is 0 Å². The number of rotatable bonds is 6. The number of hydrogen-bond donors (Lipinski definition) is 0. The predicted molar refractivity (Wildman–Crippen MR) is 38.9 cm³/mol. The minimum Gasteiger partial charge on any atom is -0.385 e. The largest absolute Gasteiger partial charge is 0.385 e. The Morgan fingerprint density at radius 1 is 1.10 bits per heavy atom. The van der Waals surface area contributed by atoms with Crippen LogP contribution in [0, 0.1) is 0 Å². The van der Waals surface area contributed by atoms with Gasteiger partial charge in [0.25, 0.3) is 0 Å². The van der Waals surface area contributed by atoms with Crippen LogP contribution in [0.2, 0.25) is 0 Å². The van der Waals surface area contributed by atoms with Crippen molar-refractivity contribution in [2.45, 2.75) is 19.1 Å². The van der Waals surface area contributed by atoms with Crippen LogP contribution < -0.4 is 0 Å². The molecule has 0 aromatic rings. The van der Waals surface area contributed by atoms with Crippen LogP contribution in [-0.4, -0.2) is 34.2 Å². The maximum absolute atomic E-state index is 4.97. The number of ether oxygens (including phenoxy) is 3. The highest BCUT2D eigenvalue weighted by atomic mass is 16.7. The van der Waals surface area contributed by atoms with Crippen LogP contribution in [-0.2, 0) is 14.2 Å². The van der Waals surface area contributed by atoms with Gasteiger partial charge in [-0.3, -0.25) is 0 Å². The van der Waals surface area contributed by atoms with Gasteiger partial charge >= 0.3 is 0 Å². The summed E-state index contributed by atoms with van der Waals surface area (Å²) in [6, 6.07) is 0. The fraction of sp³-hybridized carbons (Fsp3) is 1.00. The molecule has 0 unspecified atom stereocenters. The van der Waals surface area contributed by atoms with Gasteiger partial charge in [0.1, 0.15) is 0 Å². The van der Waals surface area contributed by atoms with Gasteiger partial charge in [-0.1, -0.05) is 0 Å². The van der Waals surface area contributed by atoms with Gasteiger partial charge in [0.05, 0.1) is 0 Å². The summed E-state index contributed by atoms with van der Waals surface area (Å²) in [7, 11) is 4.97. The zero-order chi connectivity index (χ0) is 7.82. The zero-order valence-corrected chi connectivity index (χ0v) is 6.92. The normalized spacial score (nSPS) is 10.8. The first kappa shape index (κ1) is 9.88. The van der Waals surface area contributed by atoms with Gasteiger partial charge in [-0.05, 0) is 6.42 Å². The van der Waals surface area contributed by atoms with E-state index < -0.39 is 0 Å². The zero-order valence-electron chi connectivity index (χ0n) is 6.92. The van der Waals surface area contributed by atoms with Crippen molar-refractivity contribution in [3.05, 3.63) is 0 Å². The van der Waals surface area contributed by atoms with Crippen molar-refractivity contribution in [1.29, 1.82) is 0 Å². The van der Waals surface area contributed by atoms with E-state index in [-0.39, 0.29) is 6.29 Å². The Balaban J connectivity index is 3.09. The van der Waals surface area contributed by atoms with Crippen molar-refractivity contribution in [2.24, 2.45) is 0 Å². The summed E-state index contributed by atoms with van der Waals surface area (Å²) in [4.78, 5) is 0. The lowest BCUT2D eigenvalue weighted by atomic mass is 10.3. The molecule has 0 atom stereocenters. The molecule has 0 spiro atoms. The topological polar surface area (TPSA) is 27.7 Å². The highest BCUT2D eigenvalue weighted by Gasteiger charge is 2.02. The van der Waals surface area contributed by atoms with E-state index in [1.807, 2.05) is 0 Å². The quantitative estimate of drug-likeness (QED) is 0.416. The van der Waals surface area contributed by atoms with E-state index in [0.29, 0.717) is 0 Å². The van der Waals surface area contributed by atoms with E-state index in [1.54, 1.807) is 21.3 Å². The molecule has 10 heavy (non-hydrogen) atoms. The molecule has 0 radical (unpaired) electrons. The average Bonchev–Trinajstić information content (AvgIpc) is 1.99. The smallest absolute Gasteiger partial charge is 0.156 e. The SMILES string of the molecule is COCCCC(OC)OC. The van der Waals surface area contributed by atoms with E-state index in [1.165, 1.54) is 0 Å². The molecule has 0 aliphatic carbocycles. The Hall–Kier alpha value is -0.120. The first-order chi connectivity index (χ1) is 4.85. The Bertz CT molecular complexity index is 61.9.